The topological polar surface area (TPSA) is 52.6 Å². The Kier molecular flexibility index (Phi) is 4.05. The van der Waals surface area contributed by atoms with Crippen molar-refractivity contribution in [2.75, 3.05) is 14.2 Å². The van der Waals surface area contributed by atoms with Gasteiger partial charge in [0.25, 0.3) is 0 Å². The van der Waals surface area contributed by atoms with Crippen LogP contribution < -0.4 is 9.47 Å². The van der Waals surface area contributed by atoms with Gasteiger partial charge in [-0.3, -0.25) is 9.59 Å². The lowest BCUT2D eigenvalue weighted by molar-refractivity contribution is 0.111. The standard InChI is InChI=1S/C12H14O4/c1-4-10-11(15-2)8(6-13)5-9(7-14)12(10)16-3/h5-7H,4H2,1-3H3. The Morgan fingerprint density at radius 2 is 1.50 bits per heavy atom. The molecule has 0 bridgehead atoms. The Labute approximate surface area is 94.2 Å². The van der Waals surface area contributed by atoms with E-state index in [0.717, 1.165) is 5.56 Å². The van der Waals surface area contributed by atoms with E-state index < -0.39 is 0 Å². The van der Waals surface area contributed by atoms with E-state index in [4.69, 9.17) is 9.47 Å². The number of benzene rings is 1. The molecule has 0 saturated carbocycles. The fourth-order valence-electron chi connectivity index (χ4n) is 1.73. The van der Waals surface area contributed by atoms with Gasteiger partial charge in [-0.1, -0.05) is 6.92 Å². The highest BCUT2D eigenvalue weighted by Gasteiger charge is 2.17. The SMILES string of the molecule is CCc1c(OC)c(C=O)cc(C=O)c1OC. The summed E-state index contributed by atoms with van der Waals surface area (Å²) in [5.74, 6) is 0.944. The van der Waals surface area contributed by atoms with Gasteiger partial charge in [-0.25, -0.2) is 0 Å². The predicted octanol–water partition coefficient (Wildman–Crippen LogP) is 1.89. The molecule has 0 heterocycles. The summed E-state index contributed by atoms with van der Waals surface area (Å²) in [5.41, 5.74) is 1.46. The summed E-state index contributed by atoms with van der Waals surface area (Å²) in [6.45, 7) is 1.91. The quantitative estimate of drug-likeness (QED) is 0.714. The van der Waals surface area contributed by atoms with Gasteiger partial charge in [0.05, 0.1) is 25.3 Å². The molecule has 1 aromatic rings. The maximum absolute atomic E-state index is 10.9. The Morgan fingerprint density at radius 1 is 1.06 bits per heavy atom. The highest BCUT2D eigenvalue weighted by atomic mass is 16.5. The number of methoxy groups -OCH3 is 2. The second-order valence-electron chi connectivity index (χ2n) is 3.19. The summed E-state index contributed by atoms with van der Waals surface area (Å²) in [4.78, 5) is 21.8. The first-order valence-corrected chi connectivity index (χ1v) is 4.91. The molecule has 0 N–H and O–H groups in total. The van der Waals surface area contributed by atoms with Crippen LogP contribution in [-0.2, 0) is 6.42 Å². The van der Waals surface area contributed by atoms with Crippen molar-refractivity contribution in [1.82, 2.24) is 0 Å². The molecular formula is C12H14O4. The minimum absolute atomic E-state index is 0.363. The molecule has 0 atom stereocenters. The fourth-order valence-corrected chi connectivity index (χ4v) is 1.73. The van der Waals surface area contributed by atoms with Crippen molar-refractivity contribution >= 4 is 12.6 Å². The van der Waals surface area contributed by atoms with Crippen molar-refractivity contribution in [2.45, 2.75) is 13.3 Å². The Balaban J connectivity index is 3.60. The van der Waals surface area contributed by atoms with Gasteiger partial charge in [-0.05, 0) is 12.5 Å². The van der Waals surface area contributed by atoms with Gasteiger partial charge in [0, 0.05) is 5.56 Å². The average Bonchev–Trinajstić information content (AvgIpc) is 2.35. The van der Waals surface area contributed by atoms with Crippen molar-refractivity contribution in [1.29, 1.82) is 0 Å². The van der Waals surface area contributed by atoms with E-state index in [1.165, 1.54) is 20.3 Å². The molecule has 1 rings (SSSR count). The summed E-state index contributed by atoms with van der Waals surface area (Å²) in [7, 11) is 2.98. The second kappa shape index (κ2) is 5.30. The largest absolute Gasteiger partial charge is 0.496 e. The first-order valence-electron chi connectivity index (χ1n) is 4.91. The highest BCUT2D eigenvalue weighted by Crippen LogP contribution is 2.34. The van der Waals surface area contributed by atoms with Crippen LogP contribution in [0.3, 0.4) is 0 Å². The van der Waals surface area contributed by atoms with Crippen LogP contribution in [0.15, 0.2) is 6.07 Å². The zero-order valence-corrected chi connectivity index (χ0v) is 9.57. The summed E-state index contributed by atoms with van der Waals surface area (Å²) in [6, 6.07) is 1.47. The molecule has 0 radical (unpaired) electrons. The molecular weight excluding hydrogens is 208 g/mol. The molecule has 86 valence electrons. The van der Waals surface area contributed by atoms with Crippen LogP contribution in [0.4, 0.5) is 0 Å². The van der Waals surface area contributed by atoms with E-state index in [1.54, 1.807) is 0 Å². The Bertz CT molecular complexity index is 376. The normalized spacial score (nSPS) is 9.69. The zero-order chi connectivity index (χ0) is 12.1. The van der Waals surface area contributed by atoms with Crippen molar-refractivity contribution in [3.05, 3.63) is 22.8 Å². The number of carbonyl (C=O) groups is 2. The lowest BCUT2D eigenvalue weighted by Gasteiger charge is -2.15. The lowest BCUT2D eigenvalue weighted by atomic mass is 10.0. The number of hydrogen-bond donors (Lipinski definition) is 0. The van der Waals surface area contributed by atoms with Crippen LogP contribution in [-0.4, -0.2) is 26.8 Å². The maximum Gasteiger partial charge on any atom is 0.153 e. The monoisotopic (exact) mass is 222 g/mol. The zero-order valence-electron chi connectivity index (χ0n) is 9.57. The lowest BCUT2D eigenvalue weighted by Crippen LogP contribution is -2.03. The molecule has 0 amide bonds. The van der Waals surface area contributed by atoms with Gasteiger partial charge < -0.3 is 9.47 Å². The van der Waals surface area contributed by atoms with Crippen molar-refractivity contribution in [3.63, 3.8) is 0 Å². The molecule has 0 spiro atoms. The van der Waals surface area contributed by atoms with E-state index >= 15 is 0 Å². The minimum Gasteiger partial charge on any atom is -0.496 e. The molecule has 0 aromatic heterocycles. The number of aldehydes is 2. The third-order valence-electron chi connectivity index (χ3n) is 2.40. The van der Waals surface area contributed by atoms with Gasteiger partial charge in [0.15, 0.2) is 12.6 Å². The highest BCUT2D eigenvalue weighted by molar-refractivity contribution is 5.89. The van der Waals surface area contributed by atoms with Gasteiger partial charge in [0.1, 0.15) is 11.5 Å². The van der Waals surface area contributed by atoms with E-state index in [0.29, 0.717) is 41.6 Å². The Morgan fingerprint density at radius 3 is 1.75 bits per heavy atom. The molecule has 0 saturated heterocycles. The van der Waals surface area contributed by atoms with Crippen LogP contribution >= 0.6 is 0 Å². The minimum atomic E-state index is 0.363. The molecule has 0 aliphatic rings. The third-order valence-corrected chi connectivity index (χ3v) is 2.40. The first-order chi connectivity index (χ1) is 7.73. The van der Waals surface area contributed by atoms with E-state index in [2.05, 4.69) is 0 Å². The maximum atomic E-state index is 10.9. The van der Waals surface area contributed by atoms with Gasteiger partial charge in [-0.2, -0.15) is 0 Å². The first kappa shape index (κ1) is 12.2. The number of carbonyl (C=O) groups excluding carboxylic acids is 2. The predicted molar refractivity (Wildman–Crippen MR) is 59.7 cm³/mol. The smallest absolute Gasteiger partial charge is 0.153 e. The van der Waals surface area contributed by atoms with Crippen LogP contribution in [0, 0.1) is 0 Å². The third kappa shape index (κ3) is 1.91. The van der Waals surface area contributed by atoms with Crippen LogP contribution in [0.1, 0.15) is 33.2 Å². The molecule has 4 heteroatoms. The molecule has 0 aliphatic heterocycles. The van der Waals surface area contributed by atoms with Crippen molar-refractivity contribution < 1.29 is 19.1 Å². The molecule has 0 aliphatic carbocycles. The summed E-state index contributed by atoms with van der Waals surface area (Å²) in [5, 5.41) is 0. The molecule has 4 nitrogen and oxygen atoms in total. The van der Waals surface area contributed by atoms with Crippen LogP contribution in [0.25, 0.3) is 0 Å². The van der Waals surface area contributed by atoms with Gasteiger partial charge >= 0.3 is 0 Å². The number of rotatable bonds is 5. The number of hydrogen-bond acceptors (Lipinski definition) is 4. The second-order valence-corrected chi connectivity index (χ2v) is 3.19. The molecule has 16 heavy (non-hydrogen) atoms. The van der Waals surface area contributed by atoms with Crippen LogP contribution in [0.2, 0.25) is 0 Å². The van der Waals surface area contributed by atoms with E-state index in [-0.39, 0.29) is 0 Å². The molecule has 0 unspecified atom stereocenters. The van der Waals surface area contributed by atoms with Crippen molar-refractivity contribution in [2.24, 2.45) is 0 Å². The number of ether oxygens (including phenoxy) is 2. The Hall–Kier alpha value is -1.84. The fraction of sp³-hybridized carbons (Fsp3) is 0.333. The summed E-state index contributed by atoms with van der Waals surface area (Å²) in [6.07, 6.45) is 1.96. The van der Waals surface area contributed by atoms with Gasteiger partial charge in [0.2, 0.25) is 0 Å². The summed E-state index contributed by atoms with van der Waals surface area (Å²) < 4.78 is 10.3. The van der Waals surface area contributed by atoms with Crippen LogP contribution in [0.5, 0.6) is 11.5 Å². The summed E-state index contributed by atoms with van der Waals surface area (Å²) >= 11 is 0. The van der Waals surface area contributed by atoms with E-state index in [9.17, 15) is 9.59 Å². The van der Waals surface area contributed by atoms with Crippen molar-refractivity contribution in [3.8, 4) is 11.5 Å². The van der Waals surface area contributed by atoms with Gasteiger partial charge in [-0.15, -0.1) is 0 Å². The molecule has 1 aromatic carbocycles. The van der Waals surface area contributed by atoms with E-state index in [1.807, 2.05) is 6.92 Å². The molecule has 0 fully saturated rings. The average molecular weight is 222 g/mol.